The highest BCUT2D eigenvalue weighted by molar-refractivity contribution is 9.10. The average Bonchev–Trinajstić information content (AvgIpc) is 2.48. The van der Waals surface area contributed by atoms with Crippen LogP contribution in [0.15, 0.2) is 34.9 Å². The highest BCUT2D eigenvalue weighted by atomic mass is 79.9. The number of fused-ring (bicyclic) bond motifs is 1. The van der Waals surface area contributed by atoms with Crippen LogP contribution in [0.2, 0.25) is 0 Å². The van der Waals surface area contributed by atoms with Gasteiger partial charge in [-0.15, -0.1) is 0 Å². The molecule has 1 saturated heterocycles. The third-order valence-corrected chi connectivity index (χ3v) is 6.34. The number of rotatable bonds is 3. The van der Waals surface area contributed by atoms with Gasteiger partial charge in [0.1, 0.15) is 9.84 Å². The Bertz CT molecular complexity index is 747. The second kappa shape index (κ2) is 6.02. The Morgan fingerprint density at radius 1 is 1.24 bits per heavy atom. The van der Waals surface area contributed by atoms with E-state index in [1.54, 1.807) is 6.20 Å². The van der Waals surface area contributed by atoms with Crippen molar-refractivity contribution in [1.82, 2.24) is 10.3 Å². The molecule has 2 aromatic rings. The van der Waals surface area contributed by atoms with Crippen LogP contribution in [0, 0.1) is 0 Å². The molecule has 0 saturated carbocycles. The van der Waals surface area contributed by atoms with Gasteiger partial charge in [0.05, 0.1) is 17.0 Å². The molecule has 112 valence electrons. The molecule has 0 aliphatic carbocycles. The van der Waals surface area contributed by atoms with E-state index in [1.807, 2.05) is 18.2 Å². The van der Waals surface area contributed by atoms with Crippen LogP contribution in [0.5, 0.6) is 0 Å². The zero-order chi connectivity index (χ0) is 14.9. The first kappa shape index (κ1) is 14.9. The molecule has 3 rings (SSSR count). The van der Waals surface area contributed by atoms with E-state index in [0.29, 0.717) is 30.9 Å². The molecule has 1 aromatic carbocycles. The highest BCUT2D eigenvalue weighted by Crippen LogP contribution is 2.25. The first-order chi connectivity index (χ1) is 10.1. The van der Waals surface area contributed by atoms with Crippen LogP contribution in [0.25, 0.3) is 10.9 Å². The molecule has 2 heterocycles. The molecular weight excluding hydrogens is 352 g/mol. The molecule has 0 radical (unpaired) electrons. The monoisotopic (exact) mass is 368 g/mol. The van der Waals surface area contributed by atoms with Crippen molar-refractivity contribution in [2.75, 3.05) is 11.5 Å². The minimum absolute atomic E-state index is 0.274. The van der Waals surface area contributed by atoms with E-state index in [2.05, 4.69) is 32.3 Å². The molecule has 0 spiro atoms. The van der Waals surface area contributed by atoms with Crippen molar-refractivity contribution in [2.45, 2.75) is 25.4 Å². The maximum atomic E-state index is 11.4. The Morgan fingerprint density at radius 3 is 2.76 bits per heavy atom. The molecule has 0 atom stereocenters. The Hall–Kier alpha value is -0.980. The Labute approximate surface area is 133 Å². The summed E-state index contributed by atoms with van der Waals surface area (Å²) in [4.78, 5) is 4.46. The second-order valence-electron chi connectivity index (χ2n) is 5.41. The average molecular weight is 369 g/mol. The van der Waals surface area contributed by atoms with Crippen LogP contribution in [0.3, 0.4) is 0 Å². The van der Waals surface area contributed by atoms with E-state index < -0.39 is 9.84 Å². The van der Waals surface area contributed by atoms with Crippen molar-refractivity contribution in [3.8, 4) is 0 Å². The molecule has 1 N–H and O–H groups in total. The Kier molecular flexibility index (Phi) is 4.28. The molecule has 1 aliphatic rings. The number of halogens is 1. The molecule has 21 heavy (non-hydrogen) atoms. The van der Waals surface area contributed by atoms with E-state index in [4.69, 9.17) is 0 Å². The number of nitrogens with zero attached hydrogens (tertiary/aromatic N) is 1. The molecule has 1 aliphatic heterocycles. The summed E-state index contributed by atoms with van der Waals surface area (Å²) in [5.41, 5.74) is 2.13. The fourth-order valence-electron chi connectivity index (χ4n) is 2.69. The van der Waals surface area contributed by atoms with Crippen LogP contribution >= 0.6 is 15.9 Å². The second-order valence-corrected chi connectivity index (χ2v) is 8.57. The molecule has 1 aromatic heterocycles. The van der Waals surface area contributed by atoms with Gasteiger partial charge in [0, 0.05) is 28.6 Å². The first-order valence-corrected chi connectivity index (χ1v) is 9.62. The van der Waals surface area contributed by atoms with Gasteiger partial charge in [-0.2, -0.15) is 0 Å². The van der Waals surface area contributed by atoms with Crippen LogP contribution < -0.4 is 5.32 Å². The van der Waals surface area contributed by atoms with E-state index in [1.165, 1.54) is 0 Å². The van der Waals surface area contributed by atoms with Gasteiger partial charge in [-0.1, -0.05) is 28.1 Å². The molecule has 4 nitrogen and oxygen atoms in total. The Balaban J connectivity index is 1.73. The summed E-state index contributed by atoms with van der Waals surface area (Å²) in [7, 11) is -2.80. The summed E-state index contributed by atoms with van der Waals surface area (Å²) in [6, 6.07) is 8.34. The third-order valence-electron chi connectivity index (χ3n) is 3.94. The summed E-state index contributed by atoms with van der Waals surface area (Å²) in [5, 5.41) is 4.57. The summed E-state index contributed by atoms with van der Waals surface area (Å²) in [6.45, 7) is 0.714. The maximum Gasteiger partial charge on any atom is 0.150 e. The molecule has 0 amide bonds. The van der Waals surface area contributed by atoms with Gasteiger partial charge in [0.25, 0.3) is 0 Å². The number of pyridine rings is 1. The SMILES string of the molecule is O=S1(=O)CCC(NCc2ccc(Br)c3cccnc23)CC1. The lowest BCUT2D eigenvalue weighted by Gasteiger charge is -2.23. The van der Waals surface area contributed by atoms with E-state index in [0.717, 1.165) is 20.9 Å². The zero-order valence-corrected chi connectivity index (χ0v) is 14.0. The van der Waals surface area contributed by atoms with Crippen molar-refractivity contribution in [2.24, 2.45) is 0 Å². The topological polar surface area (TPSA) is 59.1 Å². The first-order valence-electron chi connectivity index (χ1n) is 7.01. The third kappa shape index (κ3) is 3.44. The number of benzene rings is 1. The normalized spacial score (nSPS) is 18.9. The fraction of sp³-hybridized carbons (Fsp3) is 0.400. The summed E-state index contributed by atoms with van der Waals surface area (Å²) in [5.74, 6) is 0.591. The molecular formula is C15H17BrN2O2S. The van der Waals surface area contributed by atoms with Gasteiger partial charge in [-0.25, -0.2) is 8.42 Å². The minimum atomic E-state index is -2.80. The van der Waals surface area contributed by atoms with Gasteiger partial charge in [0.15, 0.2) is 0 Å². The Morgan fingerprint density at radius 2 is 2.00 bits per heavy atom. The van der Waals surface area contributed by atoms with Crippen LogP contribution in [-0.2, 0) is 16.4 Å². The summed E-state index contributed by atoms with van der Waals surface area (Å²) in [6.07, 6.45) is 3.19. The predicted molar refractivity (Wildman–Crippen MR) is 88.0 cm³/mol. The van der Waals surface area contributed by atoms with Gasteiger partial charge in [-0.05, 0) is 30.5 Å². The smallest absolute Gasteiger partial charge is 0.150 e. The van der Waals surface area contributed by atoms with Gasteiger partial charge < -0.3 is 5.32 Å². The summed E-state index contributed by atoms with van der Waals surface area (Å²) < 4.78 is 23.9. The van der Waals surface area contributed by atoms with E-state index in [9.17, 15) is 8.42 Å². The fourth-order valence-corrected chi connectivity index (χ4v) is 4.63. The van der Waals surface area contributed by atoms with Crippen LogP contribution in [0.4, 0.5) is 0 Å². The number of sulfone groups is 1. The predicted octanol–water partition coefficient (Wildman–Crippen LogP) is 2.66. The van der Waals surface area contributed by atoms with Crippen molar-refractivity contribution in [3.05, 3.63) is 40.5 Å². The lowest BCUT2D eigenvalue weighted by molar-refractivity contribution is 0.463. The molecule has 0 unspecified atom stereocenters. The van der Waals surface area contributed by atoms with Crippen molar-refractivity contribution < 1.29 is 8.42 Å². The number of nitrogens with one attached hydrogen (secondary N) is 1. The lowest BCUT2D eigenvalue weighted by atomic mass is 10.1. The van der Waals surface area contributed by atoms with Crippen molar-refractivity contribution >= 4 is 36.7 Å². The molecule has 6 heteroatoms. The largest absolute Gasteiger partial charge is 0.310 e. The highest BCUT2D eigenvalue weighted by Gasteiger charge is 2.23. The quantitative estimate of drug-likeness (QED) is 0.904. The minimum Gasteiger partial charge on any atom is -0.310 e. The van der Waals surface area contributed by atoms with E-state index >= 15 is 0 Å². The standard InChI is InChI=1S/C15H17BrN2O2S/c16-14-4-3-11(15-13(14)2-1-7-17-15)10-18-12-5-8-21(19,20)9-6-12/h1-4,7,12,18H,5-6,8-10H2. The number of aromatic nitrogens is 1. The van der Waals surface area contributed by atoms with Crippen molar-refractivity contribution in [3.63, 3.8) is 0 Å². The summed E-state index contributed by atoms with van der Waals surface area (Å²) >= 11 is 3.54. The lowest BCUT2D eigenvalue weighted by Crippen LogP contribution is -2.37. The van der Waals surface area contributed by atoms with Gasteiger partial charge in [0.2, 0.25) is 0 Å². The van der Waals surface area contributed by atoms with Crippen LogP contribution in [0.1, 0.15) is 18.4 Å². The zero-order valence-electron chi connectivity index (χ0n) is 11.5. The number of hydrogen-bond donors (Lipinski definition) is 1. The molecule has 1 fully saturated rings. The van der Waals surface area contributed by atoms with Gasteiger partial charge in [-0.3, -0.25) is 4.98 Å². The van der Waals surface area contributed by atoms with E-state index in [-0.39, 0.29) is 6.04 Å². The number of hydrogen-bond acceptors (Lipinski definition) is 4. The van der Waals surface area contributed by atoms with Crippen molar-refractivity contribution in [1.29, 1.82) is 0 Å². The van der Waals surface area contributed by atoms with Gasteiger partial charge >= 0.3 is 0 Å². The maximum absolute atomic E-state index is 11.4. The van der Waals surface area contributed by atoms with Crippen LogP contribution in [-0.4, -0.2) is 30.9 Å². The molecule has 0 bridgehead atoms.